The largest absolute Gasteiger partial charge is 0.493 e. The Morgan fingerprint density at radius 1 is 1.30 bits per heavy atom. The van der Waals surface area contributed by atoms with E-state index in [9.17, 15) is 14.0 Å². The van der Waals surface area contributed by atoms with Crippen molar-refractivity contribution in [1.29, 1.82) is 0 Å². The van der Waals surface area contributed by atoms with Gasteiger partial charge in [0.05, 0.1) is 12.7 Å². The number of rotatable bonds is 6. The van der Waals surface area contributed by atoms with Gasteiger partial charge in [0.2, 0.25) is 0 Å². The van der Waals surface area contributed by atoms with E-state index in [1.807, 2.05) is 0 Å². The van der Waals surface area contributed by atoms with Crippen molar-refractivity contribution in [3.63, 3.8) is 0 Å². The van der Waals surface area contributed by atoms with Gasteiger partial charge < -0.3 is 9.47 Å². The number of methoxy groups -OCH3 is 1. The van der Waals surface area contributed by atoms with Crippen LogP contribution in [0, 0.1) is 5.82 Å². The maximum atomic E-state index is 13.7. The van der Waals surface area contributed by atoms with Gasteiger partial charge in [0.25, 0.3) is 0 Å². The summed E-state index contributed by atoms with van der Waals surface area (Å²) in [5.41, 5.74) is 0.745. The first kappa shape index (κ1) is 16.4. The summed E-state index contributed by atoms with van der Waals surface area (Å²) in [6.45, 7) is 3.63. The normalized spacial score (nSPS) is 10.0. The summed E-state index contributed by atoms with van der Waals surface area (Å²) in [6, 6.07) is 8.54. The number of benzene rings is 2. The molecule has 2 rings (SSSR count). The number of hydrogen-bond acceptors (Lipinski definition) is 4. The second kappa shape index (κ2) is 7.35. The third-order valence-corrected chi connectivity index (χ3v) is 3.16. The van der Waals surface area contributed by atoms with Crippen molar-refractivity contribution in [1.82, 2.24) is 0 Å². The van der Waals surface area contributed by atoms with Crippen LogP contribution in [0.4, 0.5) is 4.39 Å². The standard InChI is InChI=1S/C18H15FO4/c1-3-6-13-9-12(11-20)10-16(22-2)17(13)23-18(21)14-7-4-5-8-15(14)19/h3-5,7-11H,1,6H2,2H3. The number of esters is 1. The lowest BCUT2D eigenvalue weighted by Gasteiger charge is -2.14. The van der Waals surface area contributed by atoms with Crippen LogP contribution in [0.25, 0.3) is 0 Å². The van der Waals surface area contributed by atoms with Gasteiger partial charge in [-0.2, -0.15) is 0 Å². The predicted octanol–water partition coefficient (Wildman–Crippen LogP) is 3.59. The predicted molar refractivity (Wildman–Crippen MR) is 83.6 cm³/mol. The fourth-order valence-corrected chi connectivity index (χ4v) is 2.10. The molecule has 2 aromatic rings. The van der Waals surface area contributed by atoms with Crippen molar-refractivity contribution in [2.24, 2.45) is 0 Å². The van der Waals surface area contributed by atoms with Crippen LogP contribution in [-0.4, -0.2) is 19.4 Å². The van der Waals surface area contributed by atoms with Crippen molar-refractivity contribution in [3.05, 3.63) is 71.6 Å². The smallest absolute Gasteiger partial charge is 0.346 e. The van der Waals surface area contributed by atoms with Crippen molar-refractivity contribution >= 4 is 12.3 Å². The lowest BCUT2D eigenvalue weighted by Crippen LogP contribution is -2.12. The van der Waals surface area contributed by atoms with E-state index in [-0.39, 0.29) is 17.1 Å². The molecule has 0 atom stereocenters. The Morgan fingerprint density at radius 3 is 2.65 bits per heavy atom. The van der Waals surface area contributed by atoms with E-state index in [2.05, 4.69) is 6.58 Å². The van der Waals surface area contributed by atoms with E-state index in [0.29, 0.717) is 23.8 Å². The molecule has 0 radical (unpaired) electrons. The van der Waals surface area contributed by atoms with Crippen LogP contribution in [0.5, 0.6) is 11.5 Å². The molecule has 0 fully saturated rings. The molecule has 0 heterocycles. The van der Waals surface area contributed by atoms with Gasteiger partial charge in [0.15, 0.2) is 11.5 Å². The molecular formula is C18H15FO4. The number of halogens is 1. The van der Waals surface area contributed by atoms with Crippen molar-refractivity contribution < 1.29 is 23.5 Å². The van der Waals surface area contributed by atoms with E-state index in [1.54, 1.807) is 12.1 Å². The molecule has 0 spiro atoms. The molecule has 4 nitrogen and oxygen atoms in total. The van der Waals surface area contributed by atoms with Crippen LogP contribution in [0.3, 0.4) is 0 Å². The van der Waals surface area contributed by atoms with Gasteiger partial charge in [-0.1, -0.05) is 18.2 Å². The Hall–Kier alpha value is -2.95. The number of carbonyl (C=O) groups excluding carboxylic acids is 2. The highest BCUT2D eigenvalue weighted by molar-refractivity contribution is 5.92. The van der Waals surface area contributed by atoms with E-state index >= 15 is 0 Å². The molecule has 0 bridgehead atoms. The summed E-state index contributed by atoms with van der Waals surface area (Å²) in [6.07, 6.45) is 2.62. The molecule has 0 saturated heterocycles. The quantitative estimate of drug-likeness (QED) is 0.354. The SMILES string of the molecule is C=CCc1cc(C=O)cc(OC)c1OC(=O)c1ccccc1F. The number of carbonyl (C=O) groups is 2. The molecule has 0 saturated carbocycles. The second-order valence-corrected chi connectivity index (χ2v) is 4.69. The van der Waals surface area contributed by atoms with Gasteiger partial charge in [-0.15, -0.1) is 6.58 Å². The van der Waals surface area contributed by atoms with E-state index < -0.39 is 11.8 Å². The van der Waals surface area contributed by atoms with Crippen LogP contribution in [0.1, 0.15) is 26.3 Å². The third-order valence-electron chi connectivity index (χ3n) is 3.16. The zero-order chi connectivity index (χ0) is 16.8. The average molecular weight is 314 g/mol. The lowest BCUT2D eigenvalue weighted by atomic mass is 10.1. The fraction of sp³-hybridized carbons (Fsp3) is 0.111. The number of hydrogen-bond donors (Lipinski definition) is 0. The highest BCUT2D eigenvalue weighted by Gasteiger charge is 2.19. The highest BCUT2D eigenvalue weighted by atomic mass is 19.1. The fourth-order valence-electron chi connectivity index (χ4n) is 2.10. The Morgan fingerprint density at radius 2 is 2.04 bits per heavy atom. The van der Waals surface area contributed by atoms with Crippen molar-refractivity contribution in [2.45, 2.75) is 6.42 Å². The monoisotopic (exact) mass is 314 g/mol. The highest BCUT2D eigenvalue weighted by Crippen LogP contribution is 2.34. The Labute approximate surface area is 133 Å². The summed E-state index contributed by atoms with van der Waals surface area (Å²) >= 11 is 0. The van der Waals surface area contributed by atoms with Gasteiger partial charge in [-0.25, -0.2) is 9.18 Å². The third kappa shape index (κ3) is 3.63. The molecule has 0 aliphatic rings. The molecular weight excluding hydrogens is 299 g/mol. The first-order chi connectivity index (χ1) is 11.1. The minimum Gasteiger partial charge on any atom is -0.493 e. The molecule has 0 amide bonds. The molecule has 0 unspecified atom stereocenters. The van der Waals surface area contributed by atoms with Crippen LogP contribution < -0.4 is 9.47 Å². The summed E-state index contributed by atoms with van der Waals surface area (Å²) < 4.78 is 24.2. The molecule has 5 heteroatoms. The minimum absolute atomic E-state index is 0.145. The molecule has 2 aromatic carbocycles. The summed E-state index contributed by atoms with van der Waals surface area (Å²) in [5.74, 6) is -1.15. The second-order valence-electron chi connectivity index (χ2n) is 4.69. The lowest BCUT2D eigenvalue weighted by molar-refractivity contribution is 0.0723. The van der Waals surface area contributed by atoms with Crippen LogP contribution in [0.2, 0.25) is 0 Å². The Balaban J connectivity index is 2.45. The van der Waals surface area contributed by atoms with Gasteiger partial charge in [-0.3, -0.25) is 4.79 Å². The van der Waals surface area contributed by atoms with E-state index in [4.69, 9.17) is 9.47 Å². The number of allylic oxidation sites excluding steroid dienone is 1. The Kier molecular flexibility index (Phi) is 5.25. The van der Waals surface area contributed by atoms with E-state index in [0.717, 1.165) is 0 Å². The Bertz CT molecular complexity index is 753. The zero-order valence-corrected chi connectivity index (χ0v) is 12.5. The van der Waals surface area contributed by atoms with Crippen LogP contribution >= 0.6 is 0 Å². The minimum atomic E-state index is -0.842. The first-order valence-electron chi connectivity index (χ1n) is 6.84. The molecule has 0 aliphatic heterocycles. The van der Waals surface area contributed by atoms with E-state index in [1.165, 1.54) is 37.4 Å². The summed E-state index contributed by atoms with van der Waals surface area (Å²) in [7, 11) is 1.39. The van der Waals surface area contributed by atoms with Gasteiger partial charge >= 0.3 is 5.97 Å². The first-order valence-corrected chi connectivity index (χ1v) is 6.84. The molecule has 23 heavy (non-hydrogen) atoms. The number of ether oxygens (including phenoxy) is 2. The maximum Gasteiger partial charge on any atom is 0.346 e. The molecule has 0 N–H and O–H groups in total. The zero-order valence-electron chi connectivity index (χ0n) is 12.5. The van der Waals surface area contributed by atoms with Gasteiger partial charge in [0.1, 0.15) is 12.1 Å². The van der Waals surface area contributed by atoms with Gasteiger partial charge in [0, 0.05) is 11.1 Å². The van der Waals surface area contributed by atoms with Gasteiger partial charge in [-0.05, 0) is 30.7 Å². The molecule has 118 valence electrons. The topological polar surface area (TPSA) is 52.6 Å². The molecule has 0 aliphatic carbocycles. The number of aldehydes is 1. The summed E-state index contributed by atoms with van der Waals surface area (Å²) in [5, 5.41) is 0. The van der Waals surface area contributed by atoms with Crippen molar-refractivity contribution in [2.75, 3.05) is 7.11 Å². The van der Waals surface area contributed by atoms with Crippen LogP contribution in [-0.2, 0) is 6.42 Å². The van der Waals surface area contributed by atoms with Crippen LogP contribution in [0.15, 0.2) is 49.1 Å². The summed E-state index contributed by atoms with van der Waals surface area (Å²) in [4.78, 5) is 23.2. The maximum absolute atomic E-state index is 13.7. The molecule has 0 aromatic heterocycles. The van der Waals surface area contributed by atoms with Crippen molar-refractivity contribution in [3.8, 4) is 11.5 Å². The average Bonchev–Trinajstić information content (AvgIpc) is 2.56.